The average molecular weight is 440 g/mol. The number of Topliss-reactive ketones (excluding diaryl/α,β-unsaturated/α-hetero) is 1. The molecule has 1 aromatic heterocycles. The van der Waals surface area contributed by atoms with Crippen LogP contribution in [0.3, 0.4) is 0 Å². The molecule has 0 amide bonds. The number of carbonyl (C=O) groups excluding carboxylic acids is 1. The van der Waals surface area contributed by atoms with Gasteiger partial charge in [0.15, 0.2) is 5.78 Å². The van der Waals surface area contributed by atoms with E-state index in [1.165, 1.54) is 51.4 Å². The van der Waals surface area contributed by atoms with Crippen molar-refractivity contribution in [2.45, 2.75) is 90.4 Å². The van der Waals surface area contributed by atoms with Crippen molar-refractivity contribution >= 4 is 17.2 Å². The molecule has 0 radical (unpaired) electrons. The van der Waals surface area contributed by atoms with E-state index in [-0.39, 0.29) is 22.7 Å². The van der Waals surface area contributed by atoms with Gasteiger partial charge in [-0.2, -0.15) is 0 Å². The van der Waals surface area contributed by atoms with E-state index in [1.807, 2.05) is 12.1 Å². The third kappa shape index (κ3) is 8.40. The summed E-state index contributed by atoms with van der Waals surface area (Å²) in [6.07, 6.45) is 15.7. The van der Waals surface area contributed by atoms with E-state index >= 15 is 0 Å². The summed E-state index contributed by atoms with van der Waals surface area (Å²) < 4.78 is 0. The van der Waals surface area contributed by atoms with Gasteiger partial charge in [0.25, 0.3) is 5.69 Å². The molecule has 6 nitrogen and oxygen atoms in total. The maximum absolute atomic E-state index is 12.7. The van der Waals surface area contributed by atoms with Crippen LogP contribution >= 0.6 is 0 Å². The average Bonchev–Trinajstić information content (AvgIpc) is 2.78. The summed E-state index contributed by atoms with van der Waals surface area (Å²) in [4.78, 5) is 28.0. The Morgan fingerprint density at radius 3 is 2.12 bits per heavy atom. The molecule has 0 aliphatic carbocycles. The monoisotopic (exact) mass is 439 g/mol. The first-order chi connectivity index (χ1) is 15.5. The van der Waals surface area contributed by atoms with Crippen molar-refractivity contribution in [1.29, 1.82) is 0 Å². The second kappa shape index (κ2) is 14.3. The molecule has 0 spiro atoms. The minimum atomic E-state index is -0.493. The van der Waals surface area contributed by atoms with Crippen molar-refractivity contribution in [3.05, 3.63) is 63.5 Å². The van der Waals surface area contributed by atoms with Crippen molar-refractivity contribution in [1.82, 2.24) is 4.98 Å². The molecule has 0 aliphatic rings. The minimum absolute atomic E-state index is 0.0310. The van der Waals surface area contributed by atoms with Gasteiger partial charge in [0.1, 0.15) is 5.69 Å². The number of hydrogen-bond acceptors (Lipinski definition) is 5. The van der Waals surface area contributed by atoms with Crippen LogP contribution < -0.4 is 5.73 Å². The van der Waals surface area contributed by atoms with Gasteiger partial charge in [0, 0.05) is 35.9 Å². The molecule has 0 aliphatic heterocycles. The fourth-order valence-corrected chi connectivity index (χ4v) is 4.04. The van der Waals surface area contributed by atoms with Crippen LogP contribution in [0, 0.1) is 10.1 Å². The van der Waals surface area contributed by atoms with E-state index in [2.05, 4.69) is 11.9 Å². The Balaban J connectivity index is 1.80. The van der Waals surface area contributed by atoms with Crippen LogP contribution in [-0.4, -0.2) is 15.7 Å². The lowest BCUT2D eigenvalue weighted by Crippen LogP contribution is -2.09. The molecule has 174 valence electrons. The highest BCUT2D eigenvalue weighted by molar-refractivity contribution is 6.02. The van der Waals surface area contributed by atoms with Gasteiger partial charge in [-0.1, -0.05) is 83.3 Å². The van der Waals surface area contributed by atoms with E-state index in [0.717, 1.165) is 25.0 Å². The summed E-state index contributed by atoms with van der Waals surface area (Å²) in [7, 11) is 0. The number of unbranched alkanes of at least 4 members (excludes halogenated alkanes) is 10. The summed E-state index contributed by atoms with van der Waals surface area (Å²) in [5, 5.41) is 11.7. The normalized spacial score (nSPS) is 10.9. The van der Waals surface area contributed by atoms with Crippen molar-refractivity contribution in [3.63, 3.8) is 0 Å². The smallest absolute Gasteiger partial charge is 0.296 e. The fraction of sp³-hybridized carbons (Fsp3) is 0.538. The molecule has 0 atom stereocenters. The highest BCUT2D eigenvalue weighted by Crippen LogP contribution is 2.32. The van der Waals surface area contributed by atoms with Crippen LogP contribution in [0.4, 0.5) is 11.4 Å². The van der Waals surface area contributed by atoms with Gasteiger partial charge in [-0.3, -0.25) is 19.9 Å². The number of nitrogen functional groups attached to an aromatic ring is 1. The molecule has 0 fully saturated rings. The van der Waals surface area contributed by atoms with Crippen molar-refractivity contribution in [3.8, 4) is 0 Å². The van der Waals surface area contributed by atoms with Crippen LogP contribution in [0.1, 0.15) is 106 Å². The number of nitro groups is 1. The molecule has 2 aromatic rings. The maximum atomic E-state index is 12.7. The predicted molar refractivity (Wildman–Crippen MR) is 130 cm³/mol. The Morgan fingerprint density at radius 1 is 0.938 bits per heavy atom. The molecule has 6 heteroatoms. The maximum Gasteiger partial charge on any atom is 0.296 e. The van der Waals surface area contributed by atoms with Crippen LogP contribution in [0.2, 0.25) is 0 Å². The summed E-state index contributed by atoms with van der Waals surface area (Å²) in [6, 6.07) is 8.70. The lowest BCUT2D eigenvalue weighted by atomic mass is 9.97. The van der Waals surface area contributed by atoms with Crippen molar-refractivity contribution in [2.24, 2.45) is 0 Å². The number of benzene rings is 1. The quantitative estimate of drug-likeness (QED) is 0.0993. The Kier molecular flexibility index (Phi) is 11.4. The molecular weight excluding hydrogens is 402 g/mol. The standard InChI is InChI=1S/C26H37N3O3/c1-2-3-4-5-6-7-8-9-10-11-12-16-24(30)23-18-17-21(26(25(23)27)29(31)32)20-22-15-13-14-19-28-22/h13-15,17-19H,2-12,16,20,27H2,1H3. The molecule has 0 bridgehead atoms. The number of nitro benzene ring substituents is 1. The van der Waals surface area contributed by atoms with E-state index in [0.29, 0.717) is 18.4 Å². The molecular formula is C26H37N3O3. The molecule has 2 rings (SSSR count). The van der Waals surface area contributed by atoms with Gasteiger partial charge in [0.05, 0.1) is 4.92 Å². The first-order valence-electron chi connectivity index (χ1n) is 12.0. The molecule has 32 heavy (non-hydrogen) atoms. The Morgan fingerprint density at radius 2 is 1.56 bits per heavy atom. The Bertz CT molecular complexity index is 853. The molecule has 0 saturated carbocycles. The molecule has 2 N–H and O–H groups in total. The number of hydrogen-bond donors (Lipinski definition) is 1. The van der Waals surface area contributed by atoms with Gasteiger partial charge in [0.2, 0.25) is 0 Å². The first kappa shape index (κ1) is 25.5. The minimum Gasteiger partial charge on any atom is -0.393 e. The molecule has 0 unspecified atom stereocenters. The second-order valence-electron chi connectivity index (χ2n) is 8.50. The SMILES string of the molecule is CCCCCCCCCCCCCC(=O)c1ccc(Cc2ccccn2)c([N+](=O)[O-])c1N. The zero-order valence-electron chi connectivity index (χ0n) is 19.4. The third-order valence-corrected chi connectivity index (χ3v) is 5.89. The van der Waals surface area contributed by atoms with E-state index in [4.69, 9.17) is 5.73 Å². The number of pyridine rings is 1. The highest BCUT2D eigenvalue weighted by atomic mass is 16.6. The number of nitrogens with zero attached hydrogens (tertiary/aromatic N) is 2. The van der Waals surface area contributed by atoms with Crippen LogP contribution in [0.5, 0.6) is 0 Å². The lowest BCUT2D eigenvalue weighted by Gasteiger charge is -2.10. The summed E-state index contributed by atoms with van der Waals surface area (Å²) in [5.41, 5.74) is 7.32. The van der Waals surface area contributed by atoms with Crippen LogP contribution in [0.25, 0.3) is 0 Å². The number of rotatable bonds is 16. The number of nitrogens with two attached hydrogens (primary N) is 1. The van der Waals surface area contributed by atoms with E-state index in [9.17, 15) is 14.9 Å². The van der Waals surface area contributed by atoms with E-state index < -0.39 is 4.92 Å². The van der Waals surface area contributed by atoms with Crippen molar-refractivity contribution in [2.75, 3.05) is 5.73 Å². The van der Waals surface area contributed by atoms with E-state index in [1.54, 1.807) is 24.4 Å². The molecule has 1 heterocycles. The van der Waals surface area contributed by atoms with Gasteiger partial charge >= 0.3 is 0 Å². The van der Waals surface area contributed by atoms with Gasteiger partial charge in [-0.25, -0.2) is 0 Å². The van der Waals surface area contributed by atoms with Gasteiger partial charge < -0.3 is 5.73 Å². The van der Waals surface area contributed by atoms with Gasteiger partial charge in [-0.15, -0.1) is 0 Å². The highest BCUT2D eigenvalue weighted by Gasteiger charge is 2.24. The fourth-order valence-electron chi connectivity index (χ4n) is 4.04. The zero-order chi connectivity index (χ0) is 23.2. The van der Waals surface area contributed by atoms with Crippen LogP contribution in [0.15, 0.2) is 36.5 Å². The number of carbonyl (C=O) groups is 1. The van der Waals surface area contributed by atoms with Crippen LogP contribution in [-0.2, 0) is 6.42 Å². The number of ketones is 1. The van der Waals surface area contributed by atoms with Crippen molar-refractivity contribution < 1.29 is 9.72 Å². The summed E-state index contributed by atoms with van der Waals surface area (Å²) in [6.45, 7) is 2.24. The zero-order valence-corrected chi connectivity index (χ0v) is 19.4. The number of aromatic nitrogens is 1. The number of anilines is 1. The second-order valence-corrected chi connectivity index (χ2v) is 8.50. The molecule has 0 saturated heterocycles. The summed E-state index contributed by atoms with van der Waals surface area (Å²) >= 11 is 0. The Hall–Kier alpha value is -2.76. The van der Waals surface area contributed by atoms with Gasteiger partial charge in [-0.05, 0) is 24.6 Å². The summed E-state index contributed by atoms with van der Waals surface area (Å²) in [5.74, 6) is -0.120. The largest absolute Gasteiger partial charge is 0.393 e. The predicted octanol–water partition coefficient (Wildman–Crippen LogP) is 7.05. The molecule has 1 aromatic carbocycles. The lowest BCUT2D eigenvalue weighted by molar-refractivity contribution is -0.384. The topological polar surface area (TPSA) is 99.1 Å². The third-order valence-electron chi connectivity index (χ3n) is 5.89. The Labute approximate surface area is 191 Å². The first-order valence-corrected chi connectivity index (χ1v) is 12.0.